The van der Waals surface area contributed by atoms with Crippen LogP contribution in [0.2, 0.25) is 0 Å². The number of methoxy groups -OCH3 is 1. The molecule has 4 rings (SSSR count). The molecule has 7 nitrogen and oxygen atoms in total. The fraction of sp³-hybridized carbons (Fsp3) is 0.292. The Morgan fingerprint density at radius 2 is 1.84 bits per heavy atom. The smallest absolute Gasteiger partial charge is 0.243 e. The molecule has 0 unspecified atom stereocenters. The zero-order chi connectivity index (χ0) is 22.4. The summed E-state index contributed by atoms with van der Waals surface area (Å²) >= 11 is 0. The molecular formula is C24H26N2O5S. The first-order valence-corrected chi connectivity index (χ1v) is 11.9. The van der Waals surface area contributed by atoms with E-state index in [1.54, 1.807) is 55.9 Å². The third kappa shape index (κ3) is 5.27. The second-order valence-corrected chi connectivity index (χ2v) is 9.47. The minimum absolute atomic E-state index is 0.00436. The number of benzene rings is 2. The molecule has 1 aliphatic heterocycles. The highest BCUT2D eigenvalue weighted by atomic mass is 32.2. The summed E-state index contributed by atoms with van der Waals surface area (Å²) in [4.78, 5) is 4.37. The van der Waals surface area contributed by atoms with Gasteiger partial charge in [-0.05, 0) is 41.5 Å². The fourth-order valence-corrected chi connectivity index (χ4v) is 5.00. The van der Waals surface area contributed by atoms with Crippen molar-refractivity contribution in [3.63, 3.8) is 0 Å². The second-order valence-electron chi connectivity index (χ2n) is 7.54. The number of pyridine rings is 1. The van der Waals surface area contributed by atoms with Crippen LogP contribution in [0.25, 0.3) is 0 Å². The van der Waals surface area contributed by atoms with Gasteiger partial charge in [0.1, 0.15) is 6.10 Å². The lowest BCUT2D eigenvalue weighted by molar-refractivity contribution is 0.138. The third-order valence-corrected chi connectivity index (χ3v) is 7.04. The standard InChI is InChI=1S/C24H26N2O5S/c1-29-24-14-19(9-10-23(24)31-21-11-13-30-18-21)16-26(17-20-6-5-12-25-15-20)32(27,28)22-7-3-2-4-8-22/h2-10,12,14-15,21H,11,13,16-18H2,1H3/t21-/m1/s1. The van der Waals surface area contributed by atoms with Crippen molar-refractivity contribution < 1.29 is 22.6 Å². The summed E-state index contributed by atoms with van der Waals surface area (Å²) in [6.07, 6.45) is 4.17. The molecule has 0 radical (unpaired) electrons. The highest BCUT2D eigenvalue weighted by Gasteiger charge is 2.26. The SMILES string of the molecule is COc1cc(CN(Cc2cccnc2)S(=O)(=O)c2ccccc2)ccc1O[C@@H]1CCOC1. The van der Waals surface area contributed by atoms with Crippen molar-refractivity contribution in [3.8, 4) is 11.5 Å². The van der Waals surface area contributed by atoms with Gasteiger partial charge in [0.2, 0.25) is 10.0 Å². The van der Waals surface area contributed by atoms with Crippen molar-refractivity contribution in [1.29, 1.82) is 0 Å². The number of hydrogen-bond acceptors (Lipinski definition) is 6. The van der Waals surface area contributed by atoms with Crippen molar-refractivity contribution in [2.75, 3.05) is 20.3 Å². The molecule has 1 aromatic heterocycles. The molecule has 1 fully saturated rings. The first-order chi connectivity index (χ1) is 15.6. The quantitative estimate of drug-likeness (QED) is 0.491. The number of nitrogens with zero attached hydrogens (tertiary/aromatic N) is 2. The van der Waals surface area contributed by atoms with Gasteiger partial charge in [-0.1, -0.05) is 30.3 Å². The maximum atomic E-state index is 13.4. The molecule has 3 aromatic rings. The Labute approximate surface area is 188 Å². The second kappa shape index (κ2) is 10.1. The average molecular weight is 455 g/mol. The van der Waals surface area contributed by atoms with Crippen LogP contribution in [0, 0.1) is 0 Å². The lowest BCUT2D eigenvalue weighted by atomic mass is 10.2. The minimum Gasteiger partial charge on any atom is -0.493 e. The molecule has 1 aliphatic rings. The van der Waals surface area contributed by atoms with E-state index < -0.39 is 10.0 Å². The van der Waals surface area contributed by atoms with E-state index in [0.29, 0.717) is 24.7 Å². The van der Waals surface area contributed by atoms with Gasteiger partial charge in [0.05, 0.1) is 25.2 Å². The van der Waals surface area contributed by atoms with E-state index in [1.165, 1.54) is 4.31 Å². The molecule has 1 saturated heterocycles. The van der Waals surface area contributed by atoms with Gasteiger partial charge < -0.3 is 14.2 Å². The number of ether oxygens (including phenoxy) is 3. The van der Waals surface area contributed by atoms with Crippen LogP contribution in [0.4, 0.5) is 0 Å². The van der Waals surface area contributed by atoms with Crippen molar-refractivity contribution in [2.24, 2.45) is 0 Å². The van der Waals surface area contributed by atoms with Gasteiger partial charge >= 0.3 is 0 Å². The van der Waals surface area contributed by atoms with E-state index in [4.69, 9.17) is 14.2 Å². The third-order valence-electron chi connectivity index (χ3n) is 5.23. The maximum Gasteiger partial charge on any atom is 0.243 e. The monoisotopic (exact) mass is 454 g/mol. The van der Waals surface area contributed by atoms with Crippen molar-refractivity contribution in [3.05, 3.63) is 84.2 Å². The molecule has 0 aliphatic carbocycles. The zero-order valence-corrected chi connectivity index (χ0v) is 18.7. The Kier molecular flexibility index (Phi) is 7.04. The average Bonchev–Trinajstić information content (AvgIpc) is 3.34. The van der Waals surface area contributed by atoms with Crippen molar-refractivity contribution >= 4 is 10.0 Å². The summed E-state index contributed by atoms with van der Waals surface area (Å²) in [6.45, 7) is 1.62. The van der Waals surface area contributed by atoms with E-state index in [1.807, 2.05) is 24.3 Å². The highest BCUT2D eigenvalue weighted by Crippen LogP contribution is 2.31. The van der Waals surface area contributed by atoms with Gasteiger partial charge in [0, 0.05) is 31.9 Å². The predicted octanol–water partition coefficient (Wildman–Crippen LogP) is 3.65. The van der Waals surface area contributed by atoms with E-state index in [0.717, 1.165) is 17.5 Å². The first-order valence-electron chi connectivity index (χ1n) is 10.4. The summed E-state index contributed by atoms with van der Waals surface area (Å²) in [7, 11) is -2.15. The summed E-state index contributed by atoms with van der Waals surface area (Å²) < 4.78 is 45.2. The number of rotatable bonds is 9. The number of sulfonamides is 1. The Morgan fingerprint density at radius 3 is 2.53 bits per heavy atom. The van der Waals surface area contributed by atoms with Gasteiger partial charge in [-0.15, -0.1) is 0 Å². The molecule has 168 valence electrons. The first kappa shape index (κ1) is 22.3. The Balaban J connectivity index is 1.61. The molecule has 2 heterocycles. The molecular weight excluding hydrogens is 428 g/mol. The molecule has 0 bridgehead atoms. The van der Waals surface area contributed by atoms with E-state index >= 15 is 0 Å². The lowest BCUT2D eigenvalue weighted by Crippen LogP contribution is -2.30. The largest absolute Gasteiger partial charge is 0.493 e. The summed E-state index contributed by atoms with van der Waals surface area (Å²) in [5.74, 6) is 1.18. The molecule has 32 heavy (non-hydrogen) atoms. The molecule has 0 spiro atoms. The summed E-state index contributed by atoms with van der Waals surface area (Å²) in [5, 5.41) is 0. The van der Waals surface area contributed by atoms with Crippen LogP contribution in [0.1, 0.15) is 17.5 Å². The zero-order valence-electron chi connectivity index (χ0n) is 17.9. The number of hydrogen-bond donors (Lipinski definition) is 0. The molecule has 8 heteroatoms. The van der Waals surface area contributed by atoms with Crippen LogP contribution in [0.3, 0.4) is 0 Å². The van der Waals surface area contributed by atoms with Crippen LogP contribution in [0.15, 0.2) is 78.0 Å². The van der Waals surface area contributed by atoms with Crippen LogP contribution >= 0.6 is 0 Å². The summed E-state index contributed by atoms with van der Waals surface area (Å²) in [5.41, 5.74) is 1.60. The van der Waals surface area contributed by atoms with Crippen LogP contribution < -0.4 is 9.47 Å². The van der Waals surface area contributed by atoms with Crippen LogP contribution in [0.5, 0.6) is 11.5 Å². The highest BCUT2D eigenvalue weighted by molar-refractivity contribution is 7.89. The van der Waals surface area contributed by atoms with Gasteiger partial charge in [0.15, 0.2) is 11.5 Å². The normalized spacial score (nSPS) is 16.2. The lowest BCUT2D eigenvalue weighted by Gasteiger charge is -2.23. The molecule has 2 aromatic carbocycles. The summed E-state index contributed by atoms with van der Waals surface area (Å²) in [6, 6.07) is 17.6. The van der Waals surface area contributed by atoms with Gasteiger partial charge in [-0.2, -0.15) is 4.31 Å². The Bertz CT molecular complexity index is 1120. The topological polar surface area (TPSA) is 78.0 Å². The van der Waals surface area contributed by atoms with Gasteiger partial charge in [-0.25, -0.2) is 8.42 Å². The van der Waals surface area contributed by atoms with Crippen LogP contribution in [-0.4, -0.2) is 44.1 Å². The Morgan fingerprint density at radius 1 is 1.03 bits per heavy atom. The van der Waals surface area contributed by atoms with Gasteiger partial charge in [-0.3, -0.25) is 4.98 Å². The molecule has 0 amide bonds. The molecule has 1 atom stereocenters. The maximum absolute atomic E-state index is 13.4. The van der Waals surface area contributed by atoms with E-state index in [2.05, 4.69) is 4.98 Å². The van der Waals surface area contributed by atoms with E-state index in [9.17, 15) is 8.42 Å². The van der Waals surface area contributed by atoms with Crippen LogP contribution in [-0.2, 0) is 27.8 Å². The Hall–Kier alpha value is -2.94. The number of aromatic nitrogens is 1. The van der Waals surface area contributed by atoms with Crippen molar-refractivity contribution in [2.45, 2.75) is 30.5 Å². The molecule has 0 saturated carbocycles. The van der Waals surface area contributed by atoms with Gasteiger partial charge in [0.25, 0.3) is 0 Å². The van der Waals surface area contributed by atoms with Crippen molar-refractivity contribution in [1.82, 2.24) is 9.29 Å². The fourth-order valence-electron chi connectivity index (χ4n) is 3.56. The predicted molar refractivity (Wildman–Crippen MR) is 120 cm³/mol. The van der Waals surface area contributed by atoms with E-state index in [-0.39, 0.29) is 24.1 Å². The minimum atomic E-state index is -3.73. The molecule has 0 N–H and O–H groups in total.